The summed E-state index contributed by atoms with van der Waals surface area (Å²) in [7, 11) is 1.78. The minimum absolute atomic E-state index is 0.236. The molecule has 0 saturated carbocycles. The molecule has 0 unspecified atom stereocenters. The van der Waals surface area contributed by atoms with E-state index in [0.717, 1.165) is 16.8 Å². The molecule has 29 heavy (non-hydrogen) atoms. The predicted octanol–water partition coefficient (Wildman–Crippen LogP) is 4.16. The molecule has 0 saturated heterocycles. The van der Waals surface area contributed by atoms with Crippen LogP contribution in [0.25, 0.3) is 5.69 Å². The third-order valence-electron chi connectivity index (χ3n) is 4.89. The maximum atomic E-state index is 12.9. The van der Waals surface area contributed by atoms with Crippen LogP contribution < -0.4 is 15.6 Å². The Morgan fingerprint density at radius 2 is 1.69 bits per heavy atom. The van der Waals surface area contributed by atoms with Crippen molar-refractivity contribution < 1.29 is 9.53 Å². The van der Waals surface area contributed by atoms with E-state index in [1.54, 1.807) is 37.7 Å². The number of hydrogen-bond acceptors (Lipinski definition) is 3. The second kappa shape index (κ2) is 8.17. The minimum atomic E-state index is -0.792. The first kappa shape index (κ1) is 20.7. The van der Waals surface area contributed by atoms with E-state index < -0.39 is 12.0 Å². The second-order valence-electron chi connectivity index (χ2n) is 7.06. The fraction of sp³-hybridized carbons (Fsp3) is 0.273. The van der Waals surface area contributed by atoms with Gasteiger partial charge in [0.2, 0.25) is 0 Å². The number of hydrogen-bond donors (Lipinski definition) is 1. The molecule has 0 bridgehead atoms. The van der Waals surface area contributed by atoms with Crippen LogP contribution in [0.15, 0.2) is 47.3 Å². The van der Waals surface area contributed by atoms with E-state index in [-0.39, 0.29) is 11.2 Å². The van der Waals surface area contributed by atoms with Gasteiger partial charge < -0.3 is 10.1 Å². The molecule has 0 aliphatic carbocycles. The normalized spacial score (nSPS) is 11.9. The van der Waals surface area contributed by atoms with Gasteiger partial charge in [-0.2, -0.15) is 0 Å². The fourth-order valence-electron chi connectivity index (χ4n) is 3.17. The highest BCUT2D eigenvalue weighted by Gasteiger charge is 2.22. The molecule has 0 spiro atoms. The number of amides is 1. The predicted molar refractivity (Wildman–Crippen MR) is 115 cm³/mol. The number of benzene rings is 2. The smallest absolute Gasteiger partial charge is 0.295 e. The molecule has 1 heterocycles. The standard InChI is InChI=1S/C22H24ClN3O3/c1-13-11-18(12-14(2)19(13)23)29-16(4)21(27)24-20-15(3)25(5)26(22(20)28)17-9-7-6-8-10-17/h6-12,16H,1-5H3,(H,24,27)/t16-/m0/s1. The third-order valence-corrected chi connectivity index (χ3v) is 5.49. The van der Waals surface area contributed by atoms with Gasteiger partial charge in [0.05, 0.1) is 11.4 Å². The van der Waals surface area contributed by atoms with Crippen molar-refractivity contribution in [3.63, 3.8) is 0 Å². The number of ether oxygens (including phenoxy) is 1. The molecular formula is C22H24ClN3O3. The van der Waals surface area contributed by atoms with Crippen LogP contribution in [-0.2, 0) is 11.8 Å². The second-order valence-corrected chi connectivity index (χ2v) is 7.43. The van der Waals surface area contributed by atoms with Gasteiger partial charge in [0, 0.05) is 12.1 Å². The van der Waals surface area contributed by atoms with E-state index in [9.17, 15) is 9.59 Å². The number of nitrogens with zero attached hydrogens (tertiary/aromatic N) is 2. The fourth-order valence-corrected chi connectivity index (χ4v) is 3.28. The first-order valence-corrected chi connectivity index (χ1v) is 9.66. The summed E-state index contributed by atoms with van der Waals surface area (Å²) in [6.07, 6.45) is -0.792. The molecule has 0 aliphatic rings. The Balaban J connectivity index is 1.83. The number of para-hydroxylation sites is 1. The molecule has 0 fully saturated rings. The highest BCUT2D eigenvalue weighted by molar-refractivity contribution is 6.32. The maximum absolute atomic E-state index is 12.9. The number of nitrogens with one attached hydrogen (secondary N) is 1. The number of carbonyl (C=O) groups excluding carboxylic acids is 1. The van der Waals surface area contributed by atoms with Gasteiger partial charge in [0.25, 0.3) is 11.5 Å². The first-order valence-electron chi connectivity index (χ1n) is 9.29. The molecule has 7 heteroatoms. The zero-order valence-corrected chi connectivity index (χ0v) is 17.9. The van der Waals surface area contributed by atoms with E-state index >= 15 is 0 Å². The number of aromatic nitrogens is 2. The van der Waals surface area contributed by atoms with Crippen molar-refractivity contribution in [1.82, 2.24) is 9.36 Å². The number of carbonyl (C=O) groups is 1. The first-order chi connectivity index (χ1) is 13.7. The molecule has 1 amide bonds. The number of rotatable bonds is 5. The topological polar surface area (TPSA) is 65.3 Å². The van der Waals surface area contributed by atoms with Gasteiger partial charge in [-0.1, -0.05) is 29.8 Å². The zero-order valence-electron chi connectivity index (χ0n) is 17.1. The lowest BCUT2D eigenvalue weighted by atomic mass is 10.1. The molecule has 152 valence electrons. The SMILES string of the molecule is Cc1cc(O[C@@H](C)C(=O)Nc2c(C)n(C)n(-c3ccccc3)c2=O)cc(C)c1Cl. The Hall–Kier alpha value is -2.99. The molecule has 1 N–H and O–H groups in total. The lowest BCUT2D eigenvalue weighted by Gasteiger charge is -2.16. The van der Waals surface area contributed by atoms with Crippen LogP contribution in [0.1, 0.15) is 23.7 Å². The van der Waals surface area contributed by atoms with Crippen LogP contribution >= 0.6 is 11.6 Å². The van der Waals surface area contributed by atoms with Crippen LogP contribution in [0, 0.1) is 20.8 Å². The average Bonchev–Trinajstić information content (AvgIpc) is 2.90. The van der Waals surface area contributed by atoms with Gasteiger partial charge in [-0.15, -0.1) is 0 Å². The van der Waals surface area contributed by atoms with E-state index in [1.165, 1.54) is 4.68 Å². The highest BCUT2D eigenvalue weighted by Crippen LogP contribution is 2.26. The Morgan fingerprint density at radius 1 is 1.10 bits per heavy atom. The molecule has 1 aromatic heterocycles. The minimum Gasteiger partial charge on any atom is -0.481 e. The quantitative estimate of drug-likeness (QED) is 0.683. The summed E-state index contributed by atoms with van der Waals surface area (Å²) in [5, 5.41) is 3.40. The van der Waals surface area contributed by atoms with E-state index in [4.69, 9.17) is 16.3 Å². The molecule has 6 nitrogen and oxygen atoms in total. The van der Waals surface area contributed by atoms with Gasteiger partial charge in [-0.05, 0) is 63.1 Å². The van der Waals surface area contributed by atoms with Gasteiger partial charge >= 0.3 is 0 Å². The monoisotopic (exact) mass is 413 g/mol. The largest absolute Gasteiger partial charge is 0.481 e. The van der Waals surface area contributed by atoms with E-state index in [1.807, 2.05) is 44.2 Å². The van der Waals surface area contributed by atoms with Crippen molar-refractivity contribution in [3.8, 4) is 11.4 Å². The van der Waals surface area contributed by atoms with Gasteiger partial charge in [0.15, 0.2) is 6.10 Å². The molecule has 3 aromatic rings. The summed E-state index contributed by atoms with van der Waals surface area (Å²) in [5.74, 6) is 0.153. The average molecular weight is 414 g/mol. The summed E-state index contributed by atoms with van der Waals surface area (Å²) in [6, 6.07) is 12.8. The lowest BCUT2D eigenvalue weighted by molar-refractivity contribution is -0.122. The molecule has 1 atom stereocenters. The summed E-state index contributed by atoms with van der Waals surface area (Å²) in [6.45, 7) is 7.19. The van der Waals surface area contributed by atoms with Crippen LogP contribution in [0.4, 0.5) is 5.69 Å². The zero-order chi connectivity index (χ0) is 21.3. The van der Waals surface area contributed by atoms with E-state index in [2.05, 4.69) is 5.32 Å². The van der Waals surface area contributed by atoms with Crippen LogP contribution in [-0.4, -0.2) is 21.4 Å². The summed E-state index contributed by atoms with van der Waals surface area (Å²) in [4.78, 5) is 25.6. The lowest BCUT2D eigenvalue weighted by Crippen LogP contribution is -2.32. The van der Waals surface area contributed by atoms with Crippen molar-refractivity contribution in [2.45, 2.75) is 33.8 Å². The number of halogens is 1. The Morgan fingerprint density at radius 3 is 2.28 bits per heavy atom. The van der Waals surface area contributed by atoms with Crippen LogP contribution in [0.2, 0.25) is 5.02 Å². The maximum Gasteiger partial charge on any atom is 0.295 e. The van der Waals surface area contributed by atoms with Crippen LogP contribution in [0.5, 0.6) is 5.75 Å². The highest BCUT2D eigenvalue weighted by atomic mass is 35.5. The Labute approximate surface area is 174 Å². The van der Waals surface area contributed by atoms with Crippen molar-refractivity contribution in [2.75, 3.05) is 5.32 Å². The molecular weight excluding hydrogens is 390 g/mol. The van der Waals surface area contributed by atoms with Gasteiger partial charge in [-0.25, -0.2) is 4.68 Å². The van der Waals surface area contributed by atoms with Crippen molar-refractivity contribution in [2.24, 2.45) is 7.05 Å². The molecule has 2 aromatic carbocycles. The summed E-state index contributed by atoms with van der Waals surface area (Å²) in [5.41, 5.74) is 3.06. The third kappa shape index (κ3) is 4.07. The van der Waals surface area contributed by atoms with Crippen molar-refractivity contribution in [1.29, 1.82) is 0 Å². The summed E-state index contributed by atoms with van der Waals surface area (Å²) < 4.78 is 9.01. The number of anilines is 1. The van der Waals surface area contributed by atoms with Crippen molar-refractivity contribution >= 4 is 23.2 Å². The van der Waals surface area contributed by atoms with Crippen molar-refractivity contribution in [3.05, 3.63) is 74.7 Å². The molecule has 3 rings (SSSR count). The summed E-state index contributed by atoms with van der Waals surface area (Å²) >= 11 is 6.18. The molecule has 0 aliphatic heterocycles. The number of aryl methyl sites for hydroxylation is 2. The van der Waals surface area contributed by atoms with E-state index in [0.29, 0.717) is 16.5 Å². The Kier molecular flexibility index (Phi) is 5.84. The molecule has 0 radical (unpaired) electrons. The van der Waals surface area contributed by atoms with Crippen LogP contribution in [0.3, 0.4) is 0 Å². The Bertz CT molecular complexity index is 1090. The van der Waals surface area contributed by atoms with Gasteiger partial charge in [-0.3, -0.25) is 14.3 Å². The van der Waals surface area contributed by atoms with Gasteiger partial charge in [0.1, 0.15) is 11.4 Å².